The molecule has 1 aliphatic heterocycles. The van der Waals surface area contributed by atoms with E-state index in [0.29, 0.717) is 6.42 Å². The van der Waals surface area contributed by atoms with Gasteiger partial charge in [-0.3, -0.25) is 14.5 Å². The number of carbonyl (C=O) groups excluding carboxylic acids is 3. The molecule has 1 aliphatic rings. The van der Waals surface area contributed by atoms with Gasteiger partial charge in [0.25, 0.3) is 0 Å². The Morgan fingerprint density at radius 1 is 1.53 bits per heavy atom. The zero-order valence-corrected chi connectivity index (χ0v) is 8.10. The number of methoxy groups -OCH3 is 1. The highest BCUT2D eigenvalue weighted by Crippen LogP contribution is 2.10. The van der Waals surface area contributed by atoms with Gasteiger partial charge in [0.05, 0.1) is 7.11 Å². The molecule has 80 valence electrons. The van der Waals surface area contributed by atoms with Crippen molar-refractivity contribution in [3.05, 3.63) is 5.53 Å². The van der Waals surface area contributed by atoms with E-state index in [1.54, 1.807) is 0 Å². The molecule has 0 saturated carbocycles. The number of nitrogens with zero attached hydrogens (tertiary/aromatic N) is 3. The summed E-state index contributed by atoms with van der Waals surface area (Å²) in [5.41, 5.74) is 7.69. The highest BCUT2D eigenvalue weighted by atomic mass is 16.5. The first-order valence-corrected chi connectivity index (χ1v) is 4.27. The molecule has 0 bridgehead atoms. The average molecular weight is 211 g/mol. The molecule has 1 heterocycles. The minimum atomic E-state index is -1.07. The van der Waals surface area contributed by atoms with E-state index < -0.39 is 17.6 Å². The van der Waals surface area contributed by atoms with Gasteiger partial charge in [-0.05, 0) is 6.42 Å². The number of rotatable bonds is 2. The predicted octanol–water partition coefficient (Wildman–Crippen LogP) is -1.02. The molecule has 0 atom stereocenters. The highest BCUT2D eigenvalue weighted by Gasteiger charge is 2.39. The summed E-state index contributed by atoms with van der Waals surface area (Å²) in [6.45, 7) is 0.230. The van der Waals surface area contributed by atoms with Crippen LogP contribution >= 0.6 is 0 Å². The van der Waals surface area contributed by atoms with Gasteiger partial charge >= 0.3 is 17.6 Å². The van der Waals surface area contributed by atoms with E-state index >= 15 is 0 Å². The second-order valence-electron chi connectivity index (χ2n) is 2.89. The molecule has 0 aliphatic carbocycles. The van der Waals surface area contributed by atoms with Crippen molar-refractivity contribution in [1.82, 2.24) is 4.90 Å². The van der Waals surface area contributed by atoms with Crippen molar-refractivity contribution in [3.8, 4) is 0 Å². The fraction of sp³-hybridized carbons (Fsp3) is 0.500. The van der Waals surface area contributed by atoms with Crippen LogP contribution in [-0.4, -0.2) is 46.8 Å². The minimum Gasteiger partial charge on any atom is -0.460 e. The van der Waals surface area contributed by atoms with Crippen molar-refractivity contribution >= 4 is 23.5 Å². The fourth-order valence-corrected chi connectivity index (χ4v) is 1.26. The third kappa shape index (κ3) is 2.08. The van der Waals surface area contributed by atoms with Gasteiger partial charge in [0, 0.05) is 13.0 Å². The maximum Gasteiger partial charge on any atom is 0.463 e. The second-order valence-corrected chi connectivity index (χ2v) is 2.89. The number of amides is 2. The molecule has 7 heteroatoms. The van der Waals surface area contributed by atoms with E-state index in [9.17, 15) is 14.4 Å². The quantitative estimate of drug-likeness (QED) is 0.192. The first-order chi connectivity index (χ1) is 7.11. The molecule has 0 radical (unpaired) electrons. The van der Waals surface area contributed by atoms with E-state index in [2.05, 4.69) is 9.53 Å². The summed E-state index contributed by atoms with van der Waals surface area (Å²) in [4.78, 5) is 37.0. The third-order valence-corrected chi connectivity index (χ3v) is 2.00. The van der Waals surface area contributed by atoms with Crippen LogP contribution < -0.4 is 0 Å². The molecule has 0 N–H and O–H groups in total. The maximum absolute atomic E-state index is 11.5. The normalized spacial score (nSPS) is 14.7. The summed E-state index contributed by atoms with van der Waals surface area (Å²) in [5.74, 6) is -2.38. The third-order valence-electron chi connectivity index (χ3n) is 2.00. The lowest BCUT2D eigenvalue weighted by molar-refractivity contribution is -0.145. The summed E-state index contributed by atoms with van der Waals surface area (Å²) in [5, 5.41) is 0. The Labute approximate surface area is 85.2 Å². The number of esters is 1. The molecule has 0 aromatic heterocycles. The van der Waals surface area contributed by atoms with Gasteiger partial charge in [0.1, 0.15) is 0 Å². The number of likely N-dealkylation sites (tertiary alicyclic amines) is 1. The Morgan fingerprint density at radius 2 is 2.20 bits per heavy atom. The molecule has 1 saturated heterocycles. The molecule has 1 rings (SSSR count). The van der Waals surface area contributed by atoms with Crippen LogP contribution in [-0.2, 0) is 19.1 Å². The van der Waals surface area contributed by atoms with Crippen molar-refractivity contribution < 1.29 is 23.9 Å². The Kier molecular flexibility index (Phi) is 3.30. The Hall–Kier alpha value is -2.01. The molecular formula is C8H9N3O4. The maximum atomic E-state index is 11.5. The van der Waals surface area contributed by atoms with E-state index in [-0.39, 0.29) is 18.9 Å². The van der Waals surface area contributed by atoms with Crippen LogP contribution in [0.2, 0.25) is 0 Å². The van der Waals surface area contributed by atoms with Gasteiger partial charge in [-0.15, -0.1) is 0 Å². The van der Waals surface area contributed by atoms with E-state index in [1.165, 1.54) is 0 Å². The topological polar surface area (TPSA) is 100 Å². The summed E-state index contributed by atoms with van der Waals surface area (Å²) in [6, 6.07) is 0. The van der Waals surface area contributed by atoms with Gasteiger partial charge in [0.2, 0.25) is 5.91 Å². The van der Waals surface area contributed by atoms with Gasteiger partial charge in [-0.2, -0.15) is 4.79 Å². The average Bonchev–Trinajstić information content (AvgIpc) is 2.65. The Morgan fingerprint density at radius 3 is 2.60 bits per heavy atom. The fourth-order valence-electron chi connectivity index (χ4n) is 1.26. The van der Waals surface area contributed by atoms with Gasteiger partial charge in [-0.25, -0.2) is 4.79 Å². The summed E-state index contributed by atoms with van der Waals surface area (Å²) < 4.78 is 4.23. The highest BCUT2D eigenvalue weighted by molar-refractivity contribution is 6.62. The molecule has 0 aromatic carbocycles. The largest absolute Gasteiger partial charge is 0.463 e. The lowest BCUT2D eigenvalue weighted by Crippen LogP contribution is -2.41. The Balaban J connectivity index is 2.88. The molecule has 7 nitrogen and oxygen atoms in total. The number of ether oxygens (including phenoxy) is 1. The van der Waals surface area contributed by atoms with E-state index in [4.69, 9.17) is 5.53 Å². The molecule has 15 heavy (non-hydrogen) atoms. The Bertz CT molecular complexity index is 370. The zero-order chi connectivity index (χ0) is 11.4. The first-order valence-electron chi connectivity index (χ1n) is 4.27. The minimum absolute atomic E-state index is 0.230. The van der Waals surface area contributed by atoms with Crippen molar-refractivity contribution in [3.63, 3.8) is 0 Å². The zero-order valence-electron chi connectivity index (χ0n) is 8.10. The molecule has 0 aromatic rings. The molecule has 0 unspecified atom stereocenters. The second kappa shape index (κ2) is 4.47. The molecular weight excluding hydrogens is 202 g/mol. The number of imide groups is 1. The SMILES string of the molecule is COC(=O)C(=[N+]=[N-])C(=O)N1CCCC1=O. The number of carbonyl (C=O) groups is 3. The number of hydrogen-bond donors (Lipinski definition) is 0. The molecule has 2 amide bonds. The summed E-state index contributed by atoms with van der Waals surface area (Å²) in [7, 11) is 1.05. The van der Waals surface area contributed by atoms with Crippen LogP contribution in [0.3, 0.4) is 0 Å². The smallest absolute Gasteiger partial charge is 0.460 e. The van der Waals surface area contributed by atoms with Gasteiger partial charge in [-0.1, -0.05) is 0 Å². The molecule has 1 fully saturated rings. The standard InChI is InChI=1S/C8H9N3O4/c1-15-8(14)6(10-9)7(13)11-4-2-3-5(11)12/h2-4H2,1H3. The van der Waals surface area contributed by atoms with Crippen LogP contribution in [0.25, 0.3) is 5.53 Å². The number of hydrogen-bond acceptors (Lipinski definition) is 4. The van der Waals surface area contributed by atoms with Crippen LogP contribution in [0.1, 0.15) is 12.8 Å². The van der Waals surface area contributed by atoms with Gasteiger partial charge < -0.3 is 10.3 Å². The van der Waals surface area contributed by atoms with Crippen LogP contribution in [0.5, 0.6) is 0 Å². The van der Waals surface area contributed by atoms with Gasteiger partial charge in [0.15, 0.2) is 0 Å². The van der Waals surface area contributed by atoms with Crippen LogP contribution in [0.15, 0.2) is 0 Å². The van der Waals surface area contributed by atoms with E-state index in [1.807, 2.05) is 0 Å². The van der Waals surface area contributed by atoms with Crippen molar-refractivity contribution in [1.29, 1.82) is 0 Å². The van der Waals surface area contributed by atoms with Crippen molar-refractivity contribution in [2.45, 2.75) is 12.8 Å². The van der Waals surface area contributed by atoms with Crippen molar-refractivity contribution in [2.24, 2.45) is 0 Å². The summed E-state index contributed by atoms with van der Waals surface area (Å²) in [6.07, 6.45) is 0.802. The van der Waals surface area contributed by atoms with Crippen LogP contribution in [0, 0.1) is 0 Å². The first kappa shape index (κ1) is 11.1. The lowest BCUT2D eigenvalue weighted by Gasteiger charge is -2.08. The van der Waals surface area contributed by atoms with Crippen LogP contribution in [0.4, 0.5) is 0 Å². The molecule has 0 spiro atoms. The van der Waals surface area contributed by atoms with E-state index in [0.717, 1.165) is 12.0 Å². The predicted molar refractivity (Wildman–Crippen MR) is 46.6 cm³/mol. The monoisotopic (exact) mass is 211 g/mol. The van der Waals surface area contributed by atoms with Crippen molar-refractivity contribution in [2.75, 3.05) is 13.7 Å². The summed E-state index contributed by atoms with van der Waals surface area (Å²) >= 11 is 0. The lowest BCUT2D eigenvalue weighted by atomic mass is 10.3.